The van der Waals surface area contributed by atoms with Gasteiger partial charge in [-0.1, -0.05) is 6.42 Å². The first-order valence-corrected chi connectivity index (χ1v) is 8.52. The van der Waals surface area contributed by atoms with Crippen molar-refractivity contribution in [2.45, 2.75) is 31.8 Å². The van der Waals surface area contributed by atoms with Crippen molar-refractivity contribution in [3.8, 4) is 0 Å². The van der Waals surface area contributed by atoms with Gasteiger partial charge in [0.25, 0.3) is 5.69 Å². The Morgan fingerprint density at radius 1 is 1.23 bits per heavy atom. The number of nitro benzene ring substituents is 1. The number of nitro groups is 1. The summed E-state index contributed by atoms with van der Waals surface area (Å²) in [5, 5.41) is 10.7. The number of hydrogen-bond acceptors (Lipinski definition) is 5. The fourth-order valence-electron chi connectivity index (χ4n) is 2.79. The van der Waals surface area contributed by atoms with Crippen molar-refractivity contribution >= 4 is 21.7 Å². The number of benzene rings is 1. The lowest BCUT2D eigenvalue weighted by Gasteiger charge is -2.36. The third kappa shape index (κ3) is 2.95. The molecule has 1 N–H and O–H groups in total. The second-order valence-electron chi connectivity index (χ2n) is 5.36. The van der Waals surface area contributed by atoms with Crippen molar-refractivity contribution in [1.29, 1.82) is 0 Å². The van der Waals surface area contributed by atoms with Crippen LogP contribution in [0.5, 0.6) is 0 Å². The minimum absolute atomic E-state index is 0.0211. The van der Waals surface area contributed by atoms with Crippen LogP contribution in [0.3, 0.4) is 0 Å². The van der Waals surface area contributed by atoms with Crippen LogP contribution in [0, 0.1) is 10.1 Å². The van der Waals surface area contributed by atoms with Crippen LogP contribution in [-0.2, 0) is 10.2 Å². The van der Waals surface area contributed by atoms with Gasteiger partial charge >= 0.3 is 10.2 Å². The van der Waals surface area contributed by atoms with Crippen molar-refractivity contribution in [2.75, 3.05) is 6.54 Å². The van der Waals surface area contributed by atoms with E-state index in [4.69, 9.17) is 0 Å². The maximum absolute atomic E-state index is 11.9. The number of fused-ring (bicyclic) bond motifs is 1. The fourth-order valence-corrected chi connectivity index (χ4v) is 3.86. The van der Waals surface area contributed by atoms with E-state index in [9.17, 15) is 18.5 Å². The molecule has 0 amide bonds. The third-order valence-electron chi connectivity index (χ3n) is 3.85. The monoisotopic (exact) mass is 324 g/mol. The molecule has 2 aliphatic rings. The van der Waals surface area contributed by atoms with Crippen molar-refractivity contribution in [2.24, 2.45) is 4.40 Å². The van der Waals surface area contributed by atoms with Crippen LogP contribution in [-0.4, -0.2) is 30.6 Å². The van der Waals surface area contributed by atoms with Gasteiger partial charge in [-0.05, 0) is 30.5 Å². The van der Waals surface area contributed by atoms with Crippen LogP contribution in [0.1, 0.15) is 37.4 Å². The van der Waals surface area contributed by atoms with Crippen LogP contribution >= 0.6 is 0 Å². The molecule has 0 aliphatic carbocycles. The van der Waals surface area contributed by atoms with Crippen molar-refractivity contribution in [3.05, 3.63) is 39.9 Å². The number of rotatable bonds is 2. The Labute approximate surface area is 128 Å². The predicted octanol–water partition coefficient (Wildman–Crippen LogP) is 1.72. The summed E-state index contributed by atoms with van der Waals surface area (Å²) in [6.45, 7) is 0.711. The minimum Gasteiger partial charge on any atom is -0.339 e. The van der Waals surface area contributed by atoms with Gasteiger partial charge in [0.1, 0.15) is 12.0 Å². The van der Waals surface area contributed by atoms with Crippen LogP contribution < -0.4 is 4.72 Å². The van der Waals surface area contributed by atoms with Gasteiger partial charge in [-0.2, -0.15) is 13.1 Å². The van der Waals surface area contributed by atoms with Crippen LogP contribution in [0.2, 0.25) is 0 Å². The lowest BCUT2D eigenvalue weighted by atomic mass is 10.1. The quantitative estimate of drug-likeness (QED) is 0.658. The normalized spacial score (nSPS) is 24.1. The molecule has 1 aromatic carbocycles. The Hall–Kier alpha value is -2.00. The molecule has 8 nitrogen and oxygen atoms in total. The molecule has 1 atom stereocenters. The van der Waals surface area contributed by atoms with E-state index in [-0.39, 0.29) is 5.69 Å². The van der Waals surface area contributed by atoms with Gasteiger partial charge in [0, 0.05) is 25.1 Å². The van der Waals surface area contributed by atoms with Gasteiger partial charge in [0.15, 0.2) is 0 Å². The molecule has 2 aliphatic heterocycles. The Bertz CT molecular complexity index is 714. The maximum Gasteiger partial charge on any atom is 0.323 e. The molecule has 0 spiro atoms. The molecule has 0 aromatic heterocycles. The summed E-state index contributed by atoms with van der Waals surface area (Å²) in [6, 6.07) is 5.93. The van der Waals surface area contributed by atoms with E-state index in [0.29, 0.717) is 24.4 Å². The van der Waals surface area contributed by atoms with E-state index < -0.39 is 21.3 Å². The molecule has 1 aromatic rings. The summed E-state index contributed by atoms with van der Waals surface area (Å²) in [4.78, 5) is 12.2. The van der Waals surface area contributed by atoms with E-state index in [2.05, 4.69) is 9.12 Å². The number of hydrogen-bond donors (Lipinski definition) is 1. The number of non-ortho nitro benzene ring substituents is 1. The molecule has 22 heavy (non-hydrogen) atoms. The summed E-state index contributed by atoms with van der Waals surface area (Å²) in [6.07, 6.45) is 2.98. The first kappa shape index (κ1) is 14.9. The van der Waals surface area contributed by atoms with E-state index >= 15 is 0 Å². The first-order valence-electron chi connectivity index (χ1n) is 7.08. The Morgan fingerprint density at radius 3 is 2.64 bits per heavy atom. The first-order chi connectivity index (χ1) is 10.5. The predicted molar refractivity (Wildman–Crippen MR) is 80.5 cm³/mol. The molecule has 3 rings (SSSR count). The van der Waals surface area contributed by atoms with Crippen LogP contribution in [0.4, 0.5) is 5.69 Å². The van der Waals surface area contributed by atoms with Crippen molar-refractivity contribution in [3.63, 3.8) is 0 Å². The summed E-state index contributed by atoms with van der Waals surface area (Å²) in [5.74, 6) is 0.569. The van der Waals surface area contributed by atoms with Gasteiger partial charge < -0.3 is 4.90 Å². The minimum atomic E-state index is -3.73. The van der Waals surface area contributed by atoms with Gasteiger partial charge in [0.2, 0.25) is 0 Å². The third-order valence-corrected chi connectivity index (χ3v) is 4.82. The second-order valence-corrected chi connectivity index (χ2v) is 6.72. The van der Waals surface area contributed by atoms with Gasteiger partial charge in [-0.25, -0.2) is 0 Å². The molecule has 9 heteroatoms. The van der Waals surface area contributed by atoms with Crippen molar-refractivity contribution in [1.82, 2.24) is 9.62 Å². The summed E-state index contributed by atoms with van der Waals surface area (Å²) in [7, 11) is -3.73. The zero-order valence-electron chi connectivity index (χ0n) is 11.8. The zero-order valence-corrected chi connectivity index (χ0v) is 12.6. The van der Waals surface area contributed by atoms with E-state index in [1.807, 2.05) is 4.90 Å². The van der Waals surface area contributed by atoms with Crippen LogP contribution in [0.15, 0.2) is 28.7 Å². The average molecular weight is 324 g/mol. The number of amidine groups is 1. The highest BCUT2D eigenvalue weighted by Gasteiger charge is 2.33. The highest BCUT2D eigenvalue weighted by Crippen LogP contribution is 2.29. The standard InChI is InChI=1S/C13H16N4O4S/c18-17(19)11-7-5-10(6-8-11)13-15-22(20,21)14-12-4-2-1-3-9-16(12)13/h5-8,13,15H,1-4,9H2/t13-/m1/s1. The zero-order chi connectivity index (χ0) is 15.7. The summed E-state index contributed by atoms with van der Waals surface area (Å²) >= 11 is 0. The molecule has 0 saturated carbocycles. The Kier molecular flexibility index (Phi) is 3.83. The van der Waals surface area contributed by atoms with Crippen molar-refractivity contribution < 1.29 is 13.3 Å². The highest BCUT2D eigenvalue weighted by atomic mass is 32.2. The maximum atomic E-state index is 11.9. The summed E-state index contributed by atoms with van der Waals surface area (Å²) < 4.78 is 30.2. The molecule has 1 fully saturated rings. The molecule has 0 radical (unpaired) electrons. The smallest absolute Gasteiger partial charge is 0.323 e. The Morgan fingerprint density at radius 2 is 1.95 bits per heavy atom. The molecular weight excluding hydrogens is 308 g/mol. The molecular formula is C13H16N4O4S. The lowest BCUT2D eigenvalue weighted by molar-refractivity contribution is -0.384. The SMILES string of the molecule is O=[N+]([O-])c1ccc([C@@H]2NS(=O)(=O)N=C3CCCCCN32)cc1. The number of nitrogens with one attached hydrogen (secondary N) is 1. The molecule has 118 valence electrons. The van der Waals surface area contributed by atoms with E-state index in [1.54, 1.807) is 12.1 Å². The molecule has 1 saturated heterocycles. The Balaban J connectivity index is 1.97. The highest BCUT2D eigenvalue weighted by molar-refractivity contribution is 7.88. The van der Waals surface area contributed by atoms with Gasteiger partial charge in [0.05, 0.1) is 4.92 Å². The van der Waals surface area contributed by atoms with Gasteiger partial charge in [-0.15, -0.1) is 4.40 Å². The fraction of sp³-hybridized carbons (Fsp3) is 0.462. The second kappa shape index (κ2) is 5.65. The molecule has 0 bridgehead atoms. The summed E-state index contributed by atoms with van der Waals surface area (Å²) in [5.41, 5.74) is 0.649. The van der Waals surface area contributed by atoms with E-state index in [1.165, 1.54) is 12.1 Å². The average Bonchev–Trinajstić information content (AvgIpc) is 2.70. The lowest BCUT2D eigenvalue weighted by Crippen LogP contribution is -2.48. The van der Waals surface area contributed by atoms with E-state index in [0.717, 1.165) is 19.3 Å². The number of nitrogens with zero attached hydrogens (tertiary/aromatic N) is 3. The molecule has 2 heterocycles. The van der Waals surface area contributed by atoms with Gasteiger partial charge in [-0.3, -0.25) is 10.1 Å². The van der Waals surface area contributed by atoms with Crippen LogP contribution in [0.25, 0.3) is 0 Å². The topological polar surface area (TPSA) is 105 Å². The molecule has 0 unspecified atom stereocenters. The largest absolute Gasteiger partial charge is 0.339 e.